The van der Waals surface area contributed by atoms with Gasteiger partial charge < -0.3 is 24.5 Å². The Morgan fingerprint density at radius 1 is 0.967 bits per heavy atom. The quantitative estimate of drug-likeness (QED) is 0.645. The van der Waals surface area contributed by atoms with Gasteiger partial charge in [-0.1, -0.05) is 32.9 Å². The molecule has 2 N–H and O–H groups in total. The van der Waals surface area contributed by atoms with Crippen LogP contribution in [0.5, 0.6) is 11.5 Å². The van der Waals surface area contributed by atoms with Crippen molar-refractivity contribution in [3.63, 3.8) is 0 Å². The van der Waals surface area contributed by atoms with Crippen molar-refractivity contribution in [3.8, 4) is 11.5 Å². The predicted molar refractivity (Wildman–Crippen MR) is 114 cm³/mol. The summed E-state index contributed by atoms with van der Waals surface area (Å²) in [5, 5.41) is 6.35. The Labute approximate surface area is 174 Å². The lowest BCUT2D eigenvalue weighted by Gasteiger charge is -2.19. The summed E-state index contributed by atoms with van der Waals surface area (Å²) in [7, 11) is 0. The zero-order valence-corrected chi connectivity index (χ0v) is 17.2. The number of rotatable bonds is 4. The lowest BCUT2D eigenvalue weighted by Crippen LogP contribution is -2.21. The molecule has 3 aromatic rings. The minimum absolute atomic E-state index is 0.0494. The van der Waals surface area contributed by atoms with Crippen LogP contribution in [-0.2, 0) is 4.79 Å². The first-order valence-electron chi connectivity index (χ1n) is 9.82. The average Bonchev–Trinajstić information content (AvgIpc) is 3.05. The number of furan rings is 1. The highest BCUT2D eigenvalue weighted by Crippen LogP contribution is 2.35. The van der Waals surface area contributed by atoms with Crippen LogP contribution in [0.1, 0.15) is 37.7 Å². The van der Waals surface area contributed by atoms with E-state index in [9.17, 15) is 9.59 Å². The number of hydrogen-bond donors (Lipinski definition) is 2. The summed E-state index contributed by atoms with van der Waals surface area (Å²) in [5.41, 5.74) is 1.25. The van der Waals surface area contributed by atoms with Crippen molar-refractivity contribution in [3.05, 3.63) is 48.2 Å². The van der Waals surface area contributed by atoms with E-state index in [1.165, 1.54) is 0 Å². The van der Waals surface area contributed by atoms with Gasteiger partial charge in [0.25, 0.3) is 5.91 Å². The van der Waals surface area contributed by atoms with Crippen LogP contribution in [0.25, 0.3) is 11.0 Å². The summed E-state index contributed by atoms with van der Waals surface area (Å²) in [6.45, 7) is 6.90. The molecule has 1 aliphatic rings. The maximum atomic E-state index is 13.0. The molecule has 0 radical (unpaired) electrons. The fraction of sp³-hybridized carbons (Fsp3) is 0.304. The SMILES string of the molecule is CC(C)(C)CC(=O)Nc1c(C(=O)Nc2ccc3c(c2)OCCO3)oc2ccccc12. The van der Waals surface area contributed by atoms with E-state index in [1.54, 1.807) is 24.3 Å². The Morgan fingerprint density at radius 3 is 2.47 bits per heavy atom. The van der Waals surface area contributed by atoms with Crippen LogP contribution in [0.2, 0.25) is 0 Å². The normalized spacial score (nSPS) is 13.2. The minimum Gasteiger partial charge on any atom is -0.486 e. The van der Waals surface area contributed by atoms with E-state index in [4.69, 9.17) is 13.9 Å². The van der Waals surface area contributed by atoms with Crippen LogP contribution in [0.4, 0.5) is 11.4 Å². The lowest BCUT2D eigenvalue weighted by atomic mass is 9.92. The molecule has 0 saturated carbocycles. The number of carbonyl (C=O) groups is 2. The highest BCUT2D eigenvalue weighted by molar-refractivity contribution is 6.14. The number of benzene rings is 2. The second-order valence-corrected chi connectivity index (χ2v) is 8.40. The highest BCUT2D eigenvalue weighted by Gasteiger charge is 2.24. The Hall–Kier alpha value is -3.48. The van der Waals surface area contributed by atoms with Crippen molar-refractivity contribution in [2.45, 2.75) is 27.2 Å². The minimum atomic E-state index is -0.464. The molecular weight excluding hydrogens is 384 g/mol. The van der Waals surface area contributed by atoms with Crippen molar-refractivity contribution in [2.75, 3.05) is 23.8 Å². The molecule has 0 aliphatic carbocycles. The van der Waals surface area contributed by atoms with Gasteiger partial charge in [0.2, 0.25) is 11.7 Å². The topological polar surface area (TPSA) is 89.8 Å². The Bertz CT molecular complexity index is 1110. The maximum absolute atomic E-state index is 13.0. The molecule has 7 heteroatoms. The molecule has 1 aliphatic heterocycles. The summed E-state index contributed by atoms with van der Waals surface area (Å²) < 4.78 is 16.9. The first-order valence-corrected chi connectivity index (χ1v) is 9.82. The summed E-state index contributed by atoms with van der Waals surface area (Å²) in [5.74, 6) is 0.616. The van der Waals surface area contributed by atoms with Crippen LogP contribution >= 0.6 is 0 Å². The number of anilines is 2. The molecular formula is C23H24N2O5. The zero-order chi connectivity index (χ0) is 21.3. The van der Waals surface area contributed by atoms with Gasteiger partial charge in [-0.25, -0.2) is 0 Å². The summed E-state index contributed by atoms with van der Waals surface area (Å²) >= 11 is 0. The van der Waals surface area contributed by atoms with Gasteiger partial charge in [-0.3, -0.25) is 9.59 Å². The van der Waals surface area contributed by atoms with Crippen molar-refractivity contribution in [1.29, 1.82) is 0 Å². The first-order chi connectivity index (χ1) is 14.3. The van der Waals surface area contributed by atoms with Crippen LogP contribution in [0.15, 0.2) is 46.9 Å². The Balaban J connectivity index is 1.63. The molecule has 2 amide bonds. The molecule has 30 heavy (non-hydrogen) atoms. The molecule has 0 unspecified atom stereocenters. The summed E-state index contributed by atoms with van der Waals surface area (Å²) in [6, 6.07) is 12.4. The van der Waals surface area contributed by atoms with E-state index in [2.05, 4.69) is 10.6 Å². The van der Waals surface area contributed by atoms with Gasteiger partial charge in [0, 0.05) is 23.6 Å². The van der Waals surface area contributed by atoms with E-state index in [1.807, 2.05) is 39.0 Å². The van der Waals surface area contributed by atoms with E-state index >= 15 is 0 Å². The largest absolute Gasteiger partial charge is 0.486 e. The van der Waals surface area contributed by atoms with Gasteiger partial charge in [-0.05, 0) is 29.7 Å². The van der Waals surface area contributed by atoms with Crippen LogP contribution < -0.4 is 20.1 Å². The molecule has 0 atom stereocenters. The van der Waals surface area contributed by atoms with Gasteiger partial charge in [0.1, 0.15) is 24.5 Å². The number of carbonyl (C=O) groups excluding carboxylic acids is 2. The molecule has 0 fully saturated rings. The van der Waals surface area contributed by atoms with Gasteiger partial charge in [0.05, 0.1) is 0 Å². The standard InChI is InChI=1S/C23H24N2O5/c1-23(2,3)13-19(26)25-20-15-6-4-5-7-16(15)30-21(20)22(27)24-14-8-9-17-18(12-14)29-11-10-28-17/h4-9,12H,10-11,13H2,1-3H3,(H,24,27)(H,25,26). The zero-order valence-electron chi connectivity index (χ0n) is 17.2. The first kappa shape index (κ1) is 19.8. The third kappa shape index (κ3) is 4.25. The number of fused-ring (bicyclic) bond motifs is 2. The second kappa shape index (κ2) is 7.74. The molecule has 1 aromatic heterocycles. The van der Waals surface area contributed by atoms with Gasteiger partial charge in [-0.15, -0.1) is 0 Å². The maximum Gasteiger partial charge on any atom is 0.293 e. The van der Waals surface area contributed by atoms with Crippen molar-refractivity contribution < 1.29 is 23.5 Å². The Kier molecular flexibility index (Phi) is 5.11. The number of ether oxygens (including phenoxy) is 2. The van der Waals surface area contributed by atoms with Crippen molar-refractivity contribution in [2.24, 2.45) is 5.41 Å². The van der Waals surface area contributed by atoms with E-state index < -0.39 is 5.91 Å². The number of hydrogen-bond acceptors (Lipinski definition) is 5. The van der Waals surface area contributed by atoms with Gasteiger partial charge in [-0.2, -0.15) is 0 Å². The van der Waals surface area contributed by atoms with Crippen LogP contribution in [-0.4, -0.2) is 25.0 Å². The van der Waals surface area contributed by atoms with E-state index in [0.717, 1.165) is 0 Å². The van der Waals surface area contributed by atoms with Crippen molar-refractivity contribution >= 4 is 34.2 Å². The number of para-hydroxylation sites is 1. The molecule has 7 nitrogen and oxygen atoms in total. The third-order valence-electron chi connectivity index (χ3n) is 4.56. The van der Waals surface area contributed by atoms with Gasteiger partial charge >= 0.3 is 0 Å². The van der Waals surface area contributed by atoms with Crippen LogP contribution in [0.3, 0.4) is 0 Å². The van der Waals surface area contributed by atoms with E-state index in [0.29, 0.717) is 53.5 Å². The molecule has 156 valence electrons. The average molecular weight is 408 g/mol. The summed E-state index contributed by atoms with van der Waals surface area (Å²) in [4.78, 5) is 25.6. The monoisotopic (exact) mass is 408 g/mol. The Morgan fingerprint density at radius 2 is 1.70 bits per heavy atom. The van der Waals surface area contributed by atoms with Gasteiger partial charge in [0.15, 0.2) is 11.5 Å². The molecule has 0 saturated heterocycles. The molecule has 2 aromatic carbocycles. The van der Waals surface area contributed by atoms with E-state index in [-0.39, 0.29) is 17.1 Å². The fourth-order valence-corrected chi connectivity index (χ4v) is 3.30. The van der Waals surface area contributed by atoms with Crippen molar-refractivity contribution in [1.82, 2.24) is 0 Å². The molecule has 2 heterocycles. The van der Waals surface area contributed by atoms with Crippen LogP contribution in [0, 0.1) is 5.41 Å². The highest BCUT2D eigenvalue weighted by atomic mass is 16.6. The number of nitrogens with one attached hydrogen (secondary N) is 2. The molecule has 0 bridgehead atoms. The fourth-order valence-electron chi connectivity index (χ4n) is 3.30. The molecule has 4 rings (SSSR count). The number of amides is 2. The molecule has 0 spiro atoms. The summed E-state index contributed by atoms with van der Waals surface area (Å²) in [6.07, 6.45) is 0.315. The second-order valence-electron chi connectivity index (χ2n) is 8.40. The lowest BCUT2D eigenvalue weighted by molar-refractivity contribution is -0.117. The predicted octanol–water partition coefficient (Wildman–Crippen LogP) is 4.83. The third-order valence-corrected chi connectivity index (χ3v) is 4.56. The smallest absolute Gasteiger partial charge is 0.293 e.